The van der Waals surface area contributed by atoms with Crippen LogP contribution in [0.4, 0.5) is 0 Å². The monoisotopic (exact) mass is 726 g/mol. The van der Waals surface area contributed by atoms with Gasteiger partial charge in [0.15, 0.2) is 36.0 Å². The van der Waals surface area contributed by atoms with E-state index in [1.807, 2.05) is 0 Å². The van der Waals surface area contributed by atoms with Crippen molar-refractivity contribution in [2.24, 2.45) is 0 Å². The van der Waals surface area contributed by atoms with Crippen molar-refractivity contribution in [2.45, 2.75) is 125 Å². The molecule has 18 heteroatoms. The maximum Gasteiger partial charge on any atom is 0.229 e. The molecule has 6 rings (SSSR count). The first-order valence-electron chi connectivity index (χ1n) is 16.4. The van der Waals surface area contributed by atoms with E-state index in [1.54, 1.807) is 12.1 Å². The second-order valence-electron chi connectivity index (χ2n) is 13.2. The fourth-order valence-electron chi connectivity index (χ4n) is 6.46. The highest BCUT2D eigenvalue weighted by molar-refractivity contribution is 6.03. The largest absolute Gasteiger partial charge is 0.508 e. The third kappa shape index (κ3) is 7.07. The fourth-order valence-corrected chi connectivity index (χ4v) is 6.46. The van der Waals surface area contributed by atoms with Crippen LogP contribution < -0.4 is 9.47 Å². The number of aliphatic hydroxyl groups is 7. The first-order chi connectivity index (χ1) is 24.1. The number of rotatable bonds is 7. The van der Waals surface area contributed by atoms with Crippen LogP contribution in [0.15, 0.2) is 30.3 Å². The minimum atomic E-state index is -1.81. The van der Waals surface area contributed by atoms with Crippen molar-refractivity contribution >= 4 is 5.78 Å². The van der Waals surface area contributed by atoms with E-state index in [0.29, 0.717) is 5.56 Å². The average Bonchev–Trinajstić information content (AvgIpc) is 3.09. The van der Waals surface area contributed by atoms with Crippen molar-refractivity contribution in [2.75, 3.05) is 0 Å². The second kappa shape index (κ2) is 14.6. The third-order valence-corrected chi connectivity index (χ3v) is 9.59. The van der Waals surface area contributed by atoms with Crippen molar-refractivity contribution in [3.05, 3.63) is 41.5 Å². The molecule has 4 aliphatic heterocycles. The van der Waals surface area contributed by atoms with Gasteiger partial charge in [0, 0.05) is 6.07 Å². The molecular weight excluding hydrogens is 684 g/mol. The number of hydrogen-bond acceptors (Lipinski definition) is 18. The molecule has 4 heterocycles. The molecule has 16 atom stereocenters. The molecule has 3 saturated heterocycles. The molecule has 10 N–H and O–H groups in total. The van der Waals surface area contributed by atoms with Gasteiger partial charge in [-0.3, -0.25) is 4.79 Å². The van der Waals surface area contributed by atoms with E-state index < -0.39 is 121 Å². The molecule has 18 nitrogen and oxygen atoms in total. The van der Waals surface area contributed by atoms with Crippen LogP contribution in [-0.4, -0.2) is 149 Å². The molecule has 2 aromatic rings. The van der Waals surface area contributed by atoms with E-state index in [4.69, 9.17) is 33.2 Å². The van der Waals surface area contributed by atoms with Crippen LogP contribution in [0.1, 0.15) is 49.2 Å². The van der Waals surface area contributed by atoms with Crippen LogP contribution in [0.3, 0.4) is 0 Å². The van der Waals surface area contributed by atoms with Gasteiger partial charge in [0.1, 0.15) is 72.0 Å². The first kappa shape index (κ1) is 37.4. The lowest BCUT2D eigenvalue weighted by Crippen LogP contribution is -2.66. The number of carbonyl (C=O) groups is 1. The van der Waals surface area contributed by atoms with Crippen molar-refractivity contribution < 1.29 is 89.0 Å². The zero-order chi connectivity index (χ0) is 37.0. The van der Waals surface area contributed by atoms with Gasteiger partial charge in [0.2, 0.25) is 12.0 Å². The lowest BCUT2D eigenvalue weighted by molar-refractivity contribution is -0.384. The van der Waals surface area contributed by atoms with Crippen molar-refractivity contribution in [1.29, 1.82) is 0 Å². The van der Waals surface area contributed by atoms with Gasteiger partial charge in [-0.2, -0.15) is 0 Å². The van der Waals surface area contributed by atoms with Crippen molar-refractivity contribution in [1.82, 2.24) is 0 Å². The Labute approximate surface area is 290 Å². The average molecular weight is 727 g/mol. The summed E-state index contributed by atoms with van der Waals surface area (Å²) >= 11 is 0. The van der Waals surface area contributed by atoms with Gasteiger partial charge in [-0.15, -0.1) is 0 Å². The molecule has 0 amide bonds. The van der Waals surface area contributed by atoms with Gasteiger partial charge < -0.3 is 84.2 Å². The maximum atomic E-state index is 13.1. The smallest absolute Gasteiger partial charge is 0.229 e. The Morgan fingerprint density at radius 3 is 1.75 bits per heavy atom. The summed E-state index contributed by atoms with van der Waals surface area (Å²) in [6, 6.07) is 7.04. The predicted octanol–water partition coefficient (Wildman–Crippen LogP) is -1.58. The number of aromatic hydroxyl groups is 3. The Morgan fingerprint density at radius 1 is 0.627 bits per heavy atom. The summed E-state index contributed by atoms with van der Waals surface area (Å²) in [5.41, 5.74) is 0.223. The lowest BCUT2D eigenvalue weighted by atomic mass is 9.95. The summed E-state index contributed by atoms with van der Waals surface area (Å²) in [4.78, 5) is 13.1. The Bertz CT molecular complexity index is 1560. The number of fused-ring (bicyclic) bond motifs is 1. The number of ether oxygens (including phenoxy) is 7. The van der Waals surface area contributed by atoms with Crippen LogP contribution in [0, 0.1) is 0 Å². The van der Waals surface area contributed by atoms with Crippen LogP contribution in [0.25, 0.3) is 0 Å². The zero-order valence-electron chi connectivity index (χ0n) is 27.6. The Hall–Kier alpha value is -3.37. The number of benzene rings is 2. The number of phenols is 3. The van der Waals surface area contributed by atoms with Crippen LogP contribution in [0.2, 0.25) is 0 Å². The quantitative estimate of drug-likeness (QED) is 0.144. The molecule has 282 valence electrons. The minimum absolute atomic E-state index is 0.00451. The van der Waals surface area contributed by atoms with E-state index >= 15 is 0 Å². The van der Waals surface area contributed by atoms with E-state index in [9.17, 15) is 55.9 Å². The number of phenolic OH excluding ortho intramolecular Hbond substituents is 3. The molecule has 51 heavy (non-hydrogen) atoms. The maximum absolute atomic E-state index is 13.1. The van der Waals surface area contributed by atoms with Crippen LogP contribution >= 0.6 is 0 Å². The number of carbonyl (C=O) groups excluding carboxylic acids is 1. The van der Waals surface area contributed by atoms with Gasteiger partial charge in [0.05, 0.1) is 24.7 Å². The Morgan fingerprint density at radius 2 is 1.14 bits per heavy atom. The number of ketones is 1. The summed E-state index contributed by atoms with van der Waals surface area (Å²) in [7, 11) is 0. The normalized spacial score (nSPS) is 41.4. The third-order valence-electron chi connectivity index (χ3n) is 9.59. The van der Waals surface area contributed by atoms with Gasteiger partial charge in [0.25, 0.3) is 0 Å². The molecule has 3 fully saturated rings. The van der Waals surface area contributed by atoms with E-state index in [0.717, 1.165) is 6.07 Å². The van der Waals surface area contributed by atoms with Crippen LogP contribution in [0.5, 0.6) is 28.7 Å². The van der Waals surface area contributed by atoms with Gasteiger partial charge in [-0.25, -0.2) is 0 Å². The Kier molecular flexibility index (Phi) is 10.7. The number of aliphatic hydroxyl groups excluding tert-OH is 7. The summed E-state index contributed by atoms with van der Waals surface area (Å²) in [5.74, 6) is -2.96. The molecule has 16 unspecified atom stereocenters. The van der Waals surface area contributed by atoms with Crippen LogP contribution in [-0.2, 0) is 23.7 Å². The summed E-state index contributed by atoms with van der Waals surface area (Å²) in [5, 5.41) is 106. The highest BCUT2D eigenvalue weighted by atomic mass is 16.8. The van der Waals surface area contributed by atoms with Gasteiger partial charge in [-0.05, 0) is 38.5 Å². The highest BCUT2D eigenvalue weighted by Gasteiger charge is 2.53. The van der Waals surface area contributed by atoms with E-state index in [-0.39, 0.29) is 23.5 Å². The van der Waals surface area contributed by atoms with E-state index in [1.165, 1.54) is 32.9 Å². The topological polar surface area (TPSA) is 284 Å². The molecule has 2 aromatic carbocycles. The zero-order valence-corrected chi connectivity index (χ0v) is 27.6. The Balaban J connectivity index is 1.28. The predicted molar refractivity (Wildman–Crippen MR) is 166 cm³/mol. The second-order valence-corrected chi connectivity index (χ2v) is 13.2. The molecule has 4 aliphatic rings. The highest BCUT2D eigenvalue weighted by Crippen LogP contribution is 2.49. The number of hydrogen-bond donors (Lipinski definition) is 10. The molecular formula is C33H42O18. The summed E-state index contributed by atoms with van der Waals surface area (Å²) < 4.78 is 40.7. The molecule has 0 radical (unpaired) electrons. The van der Waals surface area contributed by atoms with E-state index in [2.05, 4.69) is 0 Å². The molecule has 0 bridgehead atoms. The molecule has 0 saturated carbocycles. The number of Topliss-reactive ketones (excluding diaryl/α,β-unsaturated/α-hetero) is 1. The summed E-state index contributed by atoms with van der Waals surface area (Å²) in [6.07, 6.45) is -24.4. The van der Waals surface area contributed by atoms with Gasteiger partial charge >= 0.3 is 0 Å². The molecule has 0 spiro atoms. The molecule has 0 aliphatic carbocycles. The van der Waals surface area contributed by atoms with Crippen molar-refractivity contribution in [3.8, 4) is 28.7 Å². The minimum Gasteiger partial charge on any atom is -0.508 e. The SMILES string of the molecule is CC1OC(OC2C(OC3C(Oc4cc5c(c(O)c4O)C(=O)CC(c4ccc(O)cc4)O5)OC(C)C(O)C3O)OC(C)C(O)C2O)C(O)C(O)C1O. The first-order valence-corrected chi connectivity index (χ1v) is 16.4. The molecule has 0 aromatic heterocycles. The fraction of sp³-hybridized carbons (Fsp3) is 0.606. The lowest BCUT2D eigenvalue weighted by Gasteiger charge is -2.48. The van der Waals surface area contributed by atoms with Gasteiger partial charge in [-0.1, -0.05) is 12.1 Å². The van der Waals surface area contributed by atoms with Crippen molar-refractivity contribution in [3.63, 3.8) is 0 Å². The summed E-state index contributed by atoms with van der Waals surface area (Å²) in [6.45, 7) is 4.20. The standard InChI is InChI=1S/C33H42O18/c1-10-20(36)25(41)28(44)31(45-10)50-30-27(43)22(38)12(3)47-33(30)51-29-26(42)21(37)11(2)46-32(29)49-18-9-17-19(24(40)23(18)39)15(35)8-16(48-17)13-4-6-14(34)7-5-13/h4-7,9-12,16,20-22,25-34,36-44H,8H2,1-3H3.